The molecule has 0 saturated carbocycles. The van der Waals surface area contributed by atoms with Gasteiger partial charge in [0.1, 0.15) is 11.1 Å². The lowest BCUT2D eigenvalue weighted by Gasteiger charge is -2.32. The van der Waals surface area contributed by atoms with E-state index in [0.717, 1.165) is 19.6 Å². The topological polar surface area (TPSA) is 98.4 Å². The number of hydrogen-bond donors (Lipinski definition) is 0. The Hall–Kier alpha value is -2.50. The van der Waals surface area contributed by atoms with Gasteiger partial charge in [-0.05, 0) is 81.4 Å². The van der Waals surface area contributed by atoms with Crippen LogP contribution in [0.2, 0.25) is 0 Å². The molecule has 30 heavy (non-hydrogen) atoms. The van der Waals surface area contributed by atoms with Crippen LogP contribution in [-0.2, 0) is 10.4 Å². The van der Waals surface area contributed by atoms with Gasteiger partial charge in [0, 0.05) is 21.6 Å². The summed E-state index contributed by atoms with van der Waals surface area (Å²) in [6.45, 7) is 17.2. The first-order chi connectivity index (χ1) is 13.4. The standard InChI is InChI=1S/C22H32N4O4/c1-15(17-23(27)19(3,4)20(5,6)24(17)28)13-11-12-14-16(2)18-25(29)21(7,8)22(9,10)26(18)30/h13-14H,1-10H3/b15-13+,16-14+. The molecule has 0 aromatic carbocycles. The summed E-state index contributed by atoms with van der Waals surface area (Å²) >= 11 is 0. The van der Waals surface area contributed by atoms with E-state index in [1.54, 1.807) is 69.2 Å². The fraction of sp³-hybridized carbons (Fsp3) is 0.636. The van der Waals surface area contributed by atoms with Crippen LogP contribution in [-0.4, -0.2) is 53.4 Å². The van der Waals surface area contributed by atoms with Crippen LogP contribution in [0.15, 0.2) is 23.3 Å². The van der Waals surface area contributed by atoms with Crippen LogP contribution in [0.1, 0.15) is 69.2 Å². The van der Waals surface area contributed by atoms with Gasteiger partial charge in [-0.15, -0.1) is 0 Å². The van der Waals surface area contributed by atoms with Crippen LogP contribution in [0.25, 0.3) is 0 Å². The molecule has 0 aliphatic carbocycles. The number of allylic oxidation sites excluding steroid dienone is 2. The van der Waals surface area contributed by atoms with Gasteiger partial charge < -0.3 is 10.4 Å². The predicted molar refractivity (Wildman–Crippen MR) is 114 cm³/mol. The first-order valence-corrected chi connectivity index (χ1v) is 9.92. The van der Waals surface area contributed by atoms with E-state index >= 15 is 0 Å². The third-order valence-corrected chi connectivity index (χ3v) is 7.16. The fourth-order valence-corrected chi connectivity index (χ4v) is 3.29. The average Bonchev–Trinajstić information content (AvgIpc) is 2.82. The number of nitrogens with zero attached hydrogens (tertiary/aromatic N) is 4. The zero-order valence-corrected chi connectivity index (χ0v) is 19.6. The summed E-state index contributed by atoms with van der Waals surface area (Å²) in [5, 5.41) is 52.1. The lowest BCUT2D eigenvalue weighted by molar-refractivity contribution is -0.540. The molecular formula is C22H32N4O4. The average molecular weight is 417 g/mol. The SMILES string of the molecule is C/C(=C\C#C/C=C(\C)C1=[N+]([O-])C(C)(C)C(C)(C)N1[O])C1=[N+]([O-])C(C)(C)C(C)(C)N1[O]. The number of rotatable bonds is 2. The smallest absolute Gasteiger partial charge is 0.313 e. The molecule has 0 atom stereocenters. The summed E-state index contributed by atoms with van der Waals surface area (Å²) in [5.74, 6) is 5.64. The molecule has 0 spiro atoms. The molecule has 2 aliphatic rings. The second-order valence-corrected chi connectivity index (χ2v) is 10.0. The van der Waals surface area contributed by atoms with Crippen molar-refractivity contribution in [1.82, 2.24) is 10.1 Å². The van der Waals surface area contributed by atoms with Crippen LogP contribution in [0, 0.1) is 22.3 Å². The summed E-state index contributed by atoms with van der Waals surface area (Å²) in [4.78, 5) is 0. The van der Waals surface area contributed by atoms with Crippen molar-refractivity contribution in [3.63, 3.8) is 0 Å². The van der Waals surface area contributed by atoms with Crippen LogP contribution in [0.5, 0.6) is 0 Å². The van der Waals surface area contributed by atoms with Gasteiger partial charge in [-0.25, -0.2) is 0 Å². The van der Waals surface area contributed by atoms with Gasteiger partial charge in [0.05, 0.1) is 0 Å². The van der Waals surface area contributed by atoms with E-state index in [4.69, 9.17) is 0 Å². The lowest BCUT2D eigenvalue weighted by Crippen LogP contribution is -2.53. The number of hydroxylamine groups is 6. The van der Waals surface area contributed by atoms with Crippen LogP contribution in [0.4, 0.5) is 0 Å². The molecular weight excluding hydrogens is 384 g/mol. The Labute approximate surface area is 179 Å². The minimum Gasteiger partial charge on any atom is -0.714 e. The molecule has 2 aliphatic heterocycles. The maximum absolute atomic E-state index is 12.7. The molecule has 0 fully saturated rings. The summed E-state index contributed by atoms with van der Waals surface area (Å²) in [6.07, 6.45) is 2.98. The van der Waals surface area contributed by atoms with E-state index in [9.17, 15) is 20.8 Å². The zero-order valence-electron chi connectivity index (χ0n) is 19.6. The summed E-state index contributed by atoms with van der Waals surface area (Å²) in [5.41, 5.74) is -2.67. The second kappa shape index (κ2) is 7.03. The van der Waals surface area contributed by atoms with Crippen molar-refractivity contribution in [2.45, 2.75) is 91.4 Å². The highest BCUT2D eigenvalue weighted by Gasteiger charge is 2.60. The van der Waals surface area contributed by atoms with E-state index in [1.165, 1.54) is 12.2 Å². The largest absolute Gasteiger partial charge is 0.714 e. The summed E-state index contributed by atoms with van der Waals surface area (Å²) < 4.78 is 1.47. The molecule has 2 radical (unpaired) electrons. The van der Waals surface area contributed by atoms with E-state index in [1.807, 2.05) is 0 Å². The summed E-state index contributed by atoms with van der Waals surface area (Å²) in [7, 11) is 0. The quantitative estimate of drug-likeness (QED) is 0.392. The maximum atomic E-state index is 12.7. The monoisotopic (exact) mass is 416 g/mol. The Morgan fingerprint density at radius 3 is 1.20 bits per heavy atom. The van der Waals surface area contributed by atoms with Crippen molar-refractivity contribution in [3.8, 4) is 11.8 Å². The number of hydrogen-bond acceptors (Lipinski definition) is 4. The van der Waals surface area contributed by atoms with Gasteiger partial charge >= 0.3 is 11.7 Å². The number of amidine groups is 2. The van der Waals surface area contributed by atoms with Crippen LogP contribution < -0.4 is 0 Å². The Bertz CT molecular complexity index is 866. The minimum absolute atomic E-state index is 0.0325. The van der Waals surface area contributed by atoms with E-state index < -0.39 is 22.2 Å². The zero-order chi connectivity index (χ0) is 23.4. The van der Waals surface area contributed by atoms with Gasteiger partial charge in [-0.3, -0.25) is 9.48 Å². The lowest BCUT2D eigenvalue weighted by atomic mass is 9.84. The van der Waals surface area contributed by atoms with Crippen molar-refractivity contribution in [3.05, 3.63) is 33.7 Å². The van der Waals surface area contributed by atoms with Crippen molar-refractivity contribution in [1.29, 1.82) is 0 Å². The second-order valence-electron chi connectivity index (χ2n) is 10.0. The first kappa shape index (κ1) is 23.8. The third-order valence-electron chi connectivity index (χ3n) is 7.16. The van der Waals surface area contributed by atoms with Crippen molar-refractivity contribution in [2.24, 2.45) is 0 Å². The Balaban J connectivity index is 2.34. The molecule has 0 unspecified atom stereocenters. The fourth-order valence-electron chi connectivity index (χ4n) is 3.29. The Morgan fingerprint density at radius 2 is 1.00 bits per heavy atom. The summed E-state index contributed by atoms with van der Waals surface area (Å²) in [6, 6.07) is 0. The molecule has 0 aromatic heterocycles. The maximum Gasteiger partial charge on any atom is 0.313 e. The highest BCUT2D eigenvalue weighted by molar-refractivity contribution is 5.96. The Kier molecular flexibility index (Phi) is 5.57. The van der Waals surface area contributed by atoms with Gasteiger partial charge in [0.2, 0.25) is 0 Å². The van der Waals surface area contributed by atoms with E-state index in [0.29, 0.717) is 11.1 Å². The molecule has 0 N–H and O–H groups in total. The van der Waals surface area contributed by atoms with Crippen LogP contribution >= 0.6 is 0 Å². The molecule has 0 aromatic rings. The van der Waals surface area contributed by atoms with Crippen molar-refractivity contribution in [2.75, 3.05) is 0 Å². The van der Waals surface area contributed by atoms with E-state index in [2.05, 4.69) is 11.8 Å². The molecule has 0 saturated heterocycles. The highest BCUT2D eigenvalue weighted by atomic mass is 16.5. The first-order valence-electron chi connectivity index (χ1n) is 9.92. The van der Waals surface area contributed by atoms with Crippen molar-refractivity contribution >= 4 is 11.7 Å². The van der Waals surface area contributed by atoms with Gasteiger partial charge in [-0.1, -0.05) is 22.0 Å². The van der Waals surface area contributed by atoms with E-state index in [-0.39, 0.29) is 11.7 Å². The van der Waals surface area contributed by atoms with Gasteiger partial charge in [-0.2, -0.15) is 0 Å². The van der Waals surface area contributed by atoms with Crippen LogP contribution in [0.3, 0.4) is 0 Å². The molecule has 2 rings (SSSR count). The molecule has 2 heterocycles. The molecule has 0 bridgehead atoms. The van der Waals surface area contributed by atoms with Gasteiger partial charge in [0.15, 0.2) is 11.1 Å². The Morgan fingerprint density at radius 1 is 0.733 bits per heavy atom. The van der Waals surface area contributed by atoms with Gasteiger partial charge in [0.25, 0.3) is 0 Å². The third kappa shape index (κ3) is 3.08. The van der Waals surface area contributed by atoms with Crippen molar-refractivity contribution < 1.29 is 19.9 Å². The molecule has 8 nitrogen and oxygen atoms in total. The normalized spacial score (nSPS) is 25.1. The minimum atomic E-state index is -0.892. The molecule has 0 amide bonds. The molecule has 164 valence electrons. The molecule has 8 heteroatoms. The predicted octanol–water partition coefficient (Wildman–Crippen LogP) is 3.14. The highest BCUT2D eigenvalue weighted by Crippen LogP contribution is 2.38.